The predicted octanol–water partition coefficient (Wildman–Crippen LogP) is -0.200. The highest BCUT2D eigenvalue weighted by Crippen LogP contribution is 2.37. The zero-order chi connectivity index (χ0) is 9.64. The lowest BCUT2D eigenvalue weighted by Crippen LogP contribution is -2.29. The second kappa shape index (κ2) is 2.78. The van der Waals surface area contributed by atoms with Gasteiger partial charge in [0.15, 0.2) is 5.79 Å². The summed E-state index contributed by atoms with van der Waals surface area (Å²) in [5.74, 6) is -0.662. The van der Waals surface area contributed by atoms with Gasteiger partial charge in [-0.05, 0) is 25.5 Å². The molecule has 0 aromatic rings. The number of hydrogen-bond donors (Lipinski definition) is 2. The van der Waals surface area contributed by atoms with Gasteiger partial charge in [-0.3, -0.25) is 0 Å². The number of aliphatic hydroxyl groups is 2. The van der Waals surface area contributed by atoms with Crippen molar-refractivity contribution < 1.29 is 19.7 Å². The van der Waals surface area contributed by atoms with E-state index in [2.05, 4.69) is 0 Å². The third kappa shape index (κ3) is 1.40. The van der Waals surface area contributed by atoms with Crippen LogP contribution < -0.4 is 0 Å². The van der Waals surface area contributed by atoms with E-state index < -0.39 is 11.9 Å². The minimum absolute atomic E-state index is 0.0856. The minimum atomic E-state index is -0.662. The van der Waals surface area contributed by atoms with Crippen LogP contribution in [0.25, 0.3) is 0 Å². The number of hydrogen-bond acceptors (Lipinski definition) is 4. The highest BCUT2D eigenvalue weighted by molar-refractivity contribution is 5.24. The lowest BCUT2D eigenvalue weighted by molar-refractivity contribution is -0.153. The van der Waals surface area contributed by atoms with Gasteiger partial charge in [0.1, 0.15) is 18.3 Å². The fourth-order valence-electron chi connectivity index (χ4n) is 1.88. The molecule has 0 amide bonds. The van der Waals surface area contributed by atoms with E-state index in [0.29, 0.717) is 5.57 Å². The molecule has 4 heteroatoms. The van der Waals surface area contributed by atoms with Crippen molar-refractivity contribution in [3.8, 4) is 0 Å². The molecule has 0 radical (unpaired) electrons. The molecule has 2 rings (SSSR count). The monoisotopic (exact) mass is 186 g/mol. The van der Waals surface area contributed by atoms with E-state index >= 15 is 0 Å². The summed E-state index contributed by atoms with van der Waals surface area (Å²) in [4.78, 5) is 0. The zero-order valence-electron chi connectivity index (χ0n) is 7.73. The summed E-state index contributed by atoms with van der Waals surface area (Å²) >= 11 is 0. The molecule has 13 heavy (non-hydrogen) atoms. The first-order valence-corrected chi connectivity index (χ1v) is 4.38. The molecule has 2 N–H and O–H groups in total. The molecule has 3 atom stereocenters. The second-order valence-electron chi connectivity index (χ2n) is 3.91. The average molecular weight is 186 g/mol. The Hall–Kier alpha value is -0.420. The Bertz CT molecular complexity index is 246. The molecule has 1 fully saturated rings. The van der Waals surface area contributed by atoms with Gasteiger partial charge in [0.2, 0.25) is 0 Å². The van der Waals surface area contributed by atoms with Gasteiger partial charge in [-0.25, -0.2) is 0 Å². The summed E-state index contributed by atoms with van der Waals surface area (Å²) in [5, 5.41) is 18.5. The maximum atomic E-state index is 9.54. The number of fused-ring (bicyclic) bond motifs is 1. The summed E-state index contributed by atoms with van der Waals surface area (Å²) in [6.45, 7) is 3.51. The van der Waals surface area contributed by atoms with E-state index in [-0.39, 0.29) is 18.8 Å². The largest absolute Gasteiger partial charge is 0.392 e. The normalized spacial score (nSPS) is 41.8. The van der Waals surface area contributed by atoms with Gasteiger partial charge in [0, 0.05) is 0 Å². The zero-order valence-corrected chi connectivity index (χ0v) is 7.73. The van der Waals surface area contributed by atoms with Gasteiger partial charge >= 0.3 is 0 Å². The summed E-state index contributed by atoms with van der Waals surface area (Å²) in [6, 6.07) is 0. The van der Waals surface area contributed by atoms with Crippen LogP contribution in [0.15, 0.2) is 11.6 Å². The SMILES string of the molecule is CC1(C)OC2[C@@H](O)C=C(CO)[C@@H]2O1. The first-order chi connectivity index (χ1) is 6.03. The maximum absolute atomic E-state index is 9.54. The Labute approximate surface area is 76.8 Å². The van der Waals surface area contributed by atoms with E-state index in [1.165, 1.54) is 0 Å². The van der Waals surface area contributed by atoms with Crippen molar-refractivity contribution in [2.24, 2.45) is 0 Å². The topological polar surface area (TPSA) is 58.9 Å². The summed E-state index contributed by atoms with van der Waals surface area (Å²) < 4.78 is 11.0. The van der Waals surface area contributed by atoms with Crippen LogP contribution >= 0.6 is 0 Å². The van der Waals surface area contributed by atoms with E-state index in [4.69, 9.17) is 14.6 Å². The molecule has 0 aromatic heterocycles. The van der Waals surface area contributed by atoms with Gasteiger partial charge < -0.3 is 19.7 Å². The van der Waals surface area contributed by atoms with Crippen LogP contribution in [-0.2, 0) is 9.47 Å². The molecule has 1 unspecified atom stereocenters. The molecule has 1 saturated heterocycles. The van der Waals surface area contributed by atoms with Crippen LogP contribution in [0, 0.1) is 0 Å². The van der Waals surface area contributed by atoms with Crippen LogP contribution in [0.2, 0.25) is 0 Å². The quantitative estimate of drug-likeness (QED) is 0.557. The highest BCUT2D eigenvalue weighted by Gasteiger charge is 2.49. The molecule has 0 aromatic carbocycles. The second-order valence-corrected chi connectivity index (χ2v) is 3.91. The number of rotatable bonds is 1. The van der Waals surface area contributed by atoms with E-state index in [1.54, 1.807) is 19.9 Å². The fourth-order valence-corrected chi connectivity index (χ4v) is 1.88. The van der Waals surface area contributed by atoms with Crippen molar-refractivity contribution in [1.82, 2.24) is 0 Å². The Morgan fingerprint density at radius 3 is 2.77 bits per heavy atom. The smallest absolute Gasteiger partial charge is 0.164 e. The molecular formula is C9H14O4. The van der Waals surface area contributed by atoms with Crippen molar-refractivity contribution in [3.05, 3.63) is 11.6 Å². The van der Waals surface area contributed by atoms with Crippen molar-refractivity contribution in [3.63, 3.8) is 0 Å². The van der Waals surface area contributed by atoms with Crippen LogP contribution in [0.4, 0.5) is 0 Å². The third-order valence-electron chi connectivity index (χ3n) is 2.40. The summed E-state index contributed by atoms with van der Waals surface area (Å²) in [6.07, 6.45) is 0.311. The molecule has 74 valence electrons. The van der Waals surface area contributed by atoms with Gasteiger partial charge in [-0.2, -0.15) is 0 Å². The molecule has 4 nitrogen and oxygen atoms in total. The number of ether oxygens (including phenoxy) is 2. The van der Waals surface area contributed by atoms with Crippen LogP contribution in [-0.4, -0.2) is 40.9 Å². The van der Waals surface area contributed by atoms with Gasteiger partial charge in [-0.1, -0.05) is 0 Å². The lowest BCUT2D eigenvalue weighted by Gasteiger charge is -2.18. The molecule has 2 aliphatic rings. The first kappa shape index (κ1) is 9.15. The molecule has 1 aliphatic heterocycles. The van der Waals surface area contributed by atoms with Gasteiger partial charge in [0.05, 0.1) is 6.61 Å². The van der Waals surface area contributed by atoms with E-state index in [0.717, 1.165) is 0 Å². The summed E-state index contributed by atoms with van der Waals surface area (Å²) in [7, 11) is 0. The third-order valence-corrected chi connectivity index (χ3v) is 2.40. The van der Waals surface area contributed by atoms with Gasteiger partial charge in [-0.15, -0.1) is 0 Å². The van der Waals surface area contributed by atoms with Crippen molar-refractivity contribution in [1.29, 1.82) is 0 Å². The molecular weight excluding hydrogens is 172 g/mol. The standard InChI is InChI=1S/C9H14O4/c1-9(2)12-7-5(4-10)3-6(11)8(7)13-9/h3,6-8,10-11H,4H2,1-2H3/t6-,7-,8?/m0/s1. The van der Waals surface area contributed by atoms with Gasteiger partial charge in [0.25, 0.3) is 0 Å². The highest BCUT2D eigenvalue weighted by atomic mass is 16.8. The Morgan fingerprint density at radius 2 is 2.15 bits per heavy atom. The number of aliphatic hydroxyl groups excluding tert-OH is 2. The van der Waals surface area contributed by atoms with Crippen molar-refractivity contribution in [2.75, 3.05) is 6.61 Å². The maximum Gasteiger partial charge on any atom is 0.164 e. The molecule has 0 saturated carbocycles. The van der Waals surface area contributed by atoms with E-state index in [9.17, 15) is 5.11 Å². The molecule has 0 bridgehead atoms. The Balaban J connectivity index is 2.19. The Morgan fingerprint density at radius 1 is 1.46 bits per heavy atom. The van der Waals surface area contributed by atoms with Crippen molar-refractivity contribution >= 4 is 0 Å². The first-order valence-electron chi connectivity index (χ1n) is 4.38. The molecule has 0 spiro atoms. The predicted molar refractivity (Wildman–Crippen MR) is 45.0 cm³/mol. The Kier molecular flexibility index (Phi) is 1.96. The lowest BCUT2D eigenvalue weighted by atomic mass is 10.1. The van der Waals surface area contributed by atoms with Crippen LogP contribution in [0.3, 0.4) is 0 Å². The fraction of sp³-hybridized carbons (Fsp3) is 0.778. The molecule has 1 aliphatic carbocycles. The minimum Gasteiger partial charge on any atom is -0.392 e. The molecule has 1 heterocycles. The average Bonchev–Trinajstić information content (AvgIpc) is 2.47. The van der Waals surface area contributed by atoms with E-state index in [1.807, 2.05) is 0 Å². The van der Waals surface area contributed by atoms with Crippen LogP contribution in [0.1, 0.15) is 13.8 Å². The summed E-state index contributed by atoms with van der Waals surface area (Å²) in [5.41, 5.74) is 0.711. The van der Waals surface area contributed by atoms with Crippen molar-refractivity contribution in [2.45, 2.75) is 37.9 Å². The van der Waals surface area contributed by atoms with Crippen LogP contribution in [0.5, 0.6) is 0 Å².